The lowest BCUT2D eigenvalue weighted by Gasteiger charge is -2.45. The molecule has 0 bridgehead atoms. The third-order valence-corrected chi connectivity index (χ3v) is 5.40. The van der Waals surface area contributed by atoms with Gasteiger partial charge in [-0.3, -0.25) is 0 Å². The van der Waals surface area contributed by atoms with Crippen molar-refractivity contribution in [3.05, 3.63) is 59.7 Å². The summed E-state index contributed by atoms with van der Waals surface area (Å²) < 4.78 is 0. The molecule has 22 heavy (non-hydrogen) atoms. The molecule has 3 rings (SSSR count). The summed E-state index contributed by atoms with van der Waals surface area (Å²) in [6, 6.07) is 15.5. The molecule has 0 aliphatic heterocycles. The van der Waals surface area contributed by atoms with Crippen LogP contribution < -0.4 is 0 Å². The summed E-state index contributed by atoms with van der Waals surface area (Å²) in [5.74, 6) is 1.12. The molecule has 1 aliphatic carbocycles. The lowest BCUT2D eigenvalue weighted by atomic mass is 9.59. The van der Waals surface area contributed by atoms with Crippen LogP contribution in [0.1, 0.15) is 56.1 Å². The normalized spacial score (nSPS) is 25.0. The largest absolute Gasteiger partial charge is 0.508 e. The molecule has 2 heteroatoms. The molecule has 1 saturated carbocycles. The van der Waals surface area contributed by atoms with Gasteiger partial charge < -0.3 is 10.2 Å². The first-order valence-corrected chi connectivity index (χ1v) is 8.24. The lowest BCUT2D eigenvalue weighted by molar-refractivity contribution is 0.238. The Kier molecular flexibility index (Phi) is 4.10. The van der Waals surface area contributed by atoms with E-state index < -0.39 is 0 Å². The van der Waals surface area contributed by atoms with E-state index in [1.54, 1.807) is 24.3 Å². The first kappa shape index (κ1) is 15.0. The van der Waals surface area contributed by atoms with E-state index in [0.29, 0.717) is 17.4 Å². The topological polar surface area (TPSA) is 40.5 Å². The summed E-state index contributed by atoms with van der Waals surface area (Å²) >= 11 is 0. The smallest absolute Gasteiger partial charge is 0.115 e. The Morgan fingerprint density at radius 3 is 2.09 bits per heavy atom. The minimum absolute atomic E-state index is 0.128. The number of phenolic OH excluding ortho intramolecular Hbond substituents is 2. The third-order valence-electron chi connectivity index (χ3n) is 5.40. The van der Waals surface area contributed by atoms with Crippen molar-refractivity contribution in [3.8, 4) is 11.5 Å². The molecule has 1 fully saturated rings. The van der Waals surface area contributed by atoms with E-state index in [9.17, 15) is 10.2 Å². The highest BCUT2D eigenvalue weighted by molar-refractivity contribution is 5.38. The Hall–Kier alpha value is -1.96. The molecule has 116 valence electrons. The maximum absolute atomic E-state index is 9.60. The second-order valence-electron chi connectivity index (χ2n) is 6.45. The Labute approximate surface area is 132 Å². The van der Waals surface area contributed by atoms with Crippen LogP contribution in [0.4, 0.5) is 0 Å². The average molecular weight is 296 g/mol. The fourth-order valence-electron chi connectivity index (χ4n) is 4.20. The van der Waals surface area contributed by atoms with Crippen molar-refractivity contribution < 1.29 is 10.2 Å². The number of rotatable bonds is 3. The van der Waals surface area contributed by atoms with E-state index in [4.69, 9.17) is 0 Å². The number of benzene rings is 2. The van der Waals surface area contributed by atoms with Crippen LogP contribution in [-0.2, 0) is 5.41 Å². The van der Waals surface area contributed by atoms with Gasteiger partial charge in [-0.25, -0.2) is 0 Å². The summed E-state index contributed by atoms with van der Waals surface area (Å²) in [5.41, 5.74) is 2.76. The van der Waals surface area contributed by atoms with Crippen LogP contribution in [0.3, 0.4) is 0 Å². The fourth-order valence-corrected chi connectivity index (χ4v) is 4.20. The van der Waals surface area contributed by atoms with Crippen molar-refractivity contribution in [2.75, 3.05) is 0 Å². The van der Waals surface area contributed by atoms with Gasteiger partial charge in [-0.05, 0) is 60.6 Å². The molecule has 2 aromatic rings. The van der Waals surface area contributed by atoms with Crippen molar-refractivity contribution in [1.82, 2.24) is 0 Å². The van der Waals surface area contributed by atoms with Gasteiger partial charge in [0.1, 0.15) is 11.5 Å². The van der Waals surface area contributed by atoms with Gasteiger partial charge in [-0.15, -0.1) is 0 Å². The van der Waals surface area contributed by atoms with Crippen molar-refractivity contribution in [2.45, 2.75) is 50.4 Å². The lowest BCUT2D eigenvalue weighted by Crippen LogP contribution is -2.36. The van der Waals surface area contributed by atoms with Crippen LogP contribution in [-0.4, -0.2) is 10.2 Å². The molecule has 2 unspecified atom stereocenters. The number of hydrogen-bond donors (Lipinski definition) is 2. The molecule has 0 spiro atoms. The standard InChI is InChI=1S/C20H24O2/c1-2-20(16-8-12-18(22)13-9-16)14-4-3-5-19(20)15-6-10-17(21)11-7-15/h6-13,19,21-22H,2-5,14H2,1H3. The molecule has 0 radical (unpaired) electrons. The predicted octanol–water partition coefficient (Wildman–Crippen LogP) is 5.10. The van der Waals surface area contributed by atoms with Gasteiger partial charge in [0, 0.05) is 5.41 Å². The minimum Gasteiger partial charge on any atom is -0.508 e. The van der Waals surface area contributed by atoms with E-state index >= 15 is 0 Å². The van der Waals surface area contributed by atoms with Gasteiger partial charge in [0.05, 0.1) is 0 Å². The van der Waals surface area contributed by atoms with Crippen molar-refractivity contribution in [3.63, 3.8) is 0 Å². The highest BCUT2D eigenvalue weighted by atomic mass is 16.3. The second kappa shape index (κ2) is 6.04. The predicted molar refractivity (Wildman–Crippen MR) is 89.4 cm³/mol. The summed E-state index contributed by atoms with van der Waals surface area (Å²) in [7, 11) is 0. The molecule has 2 N–H and O–H groups in total. The van der Waals surface area contributed by atoms with Crippen LogP contribution in [0.25, 0.3) is 0 Å². The minimum atomic E-state index is 0.128. The van der Waals surface area contributed by atoms with E-state index in [0.717, 1.165) is 6.42 Å². The quantitative estimate of drug-likeness (QED) is 0.827. The summed E-state index contributed by atoms with van der Waals surface area (Å²) in [6.07, 6.45) is 5.96. The number of phenols is 2. The maximum Gasteiger partial charge on any atom is 0.115 e. The van der Waals surface area contributed by atoms with Crippen LogP contribution in [0.5, 0.6) is 11.5 Å². The second-order valence-corrected chi connectivity index (χ2v) is 6.45. The SMILES string of the molecule is CCC1(c2ccc(O)cc2)CCCCC1c1ccc(O)cc1. The highest BCUT2D eigenvalue weighted by Gasteiger charge is 2.41. The Balaban J connectivity index is 2.05. The molecule has 0 aromatic heterocycles. The van der Waals surface area contributed by atoms with Crippen LogP contribution in [0.2, 0.25) is 0 Å². The molecule has 0 amide bonds. The van der Waals surface area contributed by atoms with Crippen molar-refractivity contribution in [2.24, 2.45) is 0 Å². The van der Waals surface area contributed by atoms with Gasteiger partial charge >= 0.3 is 0 Å². The first-order chi connectivity index (χ1) is 10.7. The van der Waals surface area contributed by atoms with Gasteiger partial charge in [-0.1, -0.05) is 44.0 Å². The molecule has 2 atom stereocenters. The van der Waals surface area contributed by atoms with Gasteiger partial charge in [0.2, 0.25) is 0 Å². The van der Waals surface area contributed by atoms with E-state index in [2.05, 4.69) is 31.2 Å². The van der Waals surface area contributed by atoms with E-state index in [-0.39, 0.29) is 5.41 Å². The first-order valence-electron chi connectivity index (χ1n) is 8.24. The zero-order chi connectivity index (χ0) is 15.6. The highest BCUT2D eigenvalue weighted by Crippen LogP contribution is 2.51. The summed E-state index contributed by atoms with van der Waals surface area (Å²) in [4.78, 5) is 0. The maximum atomic E-state index is 9.60. The van der Waals surface area contributed by atoms with Crippen LogP contribution in [0, 0.1) is 0 Å². The third kappa shape index (κ3) is 2.58. The van der Waals surface area contributed by atoms with Crippen molar-refractivity contribution >= 4 is 0 Å². The zero-order valence-corrected chi connectivity index (χ0v) is 13.1. The zero-order valence-electron chi connectivity index (χ0n) is 13.1. The Morgan fingerprint density at radius 1 is 0.909 bits per heavy atom. The molecule has 0 heterocycles. The molecular weight excluding hydrogens is 272 g/mol. The van der Waals surface area contributed by atoms with Crippen LogP contribution >= 0.6 is 0 Å². The van der Waals surface area contributed by atoms with Gasteiger partial charge in [0.15, 0.2) is 0 Å². The van der Waals surface area contributed by atoms with Gasteiger partial charge in [0.25, 0.3) is 0 Å². The Morgan fingerprint density at radius 2 is 1.50 bits per heavy atom. The van der Waals surface area contributed by atoms with Crippen LogP contribution in [0.15, 0.2) is 48.5 Å². The average Bonchev–Trinajstić information content (AvgIpc) is 2.56. The number of aromatic hydroxyl groups is 2. The molecule has 0 saturated heterocycles. The molecule has 1 aliphatic rings. The van der Waals surface area contributed by atoms with Crippen molar-refractivity contribution in [1.29, 1.82) is 0 Å². The molecule has 2 aromatic carbocycles. The molecular formula is C20H24O2. The fraction of sp³-hybridized carbons (Fsp3) is 0.400. The summed E-state index contributed by atoms with van der Waals surface area (Å²) in [5, 5.41) is 19.2. The van der Waals surface area contributed by atoms with E-state index in [1.807, 2.05) is 0 Å². The van der Waals surface area contributed by atoms with Gasteiger partial charge in [-0.2, -0.15) is 0 Å². The monoisotopic (exact) mass is 296 g/mol. The Bertz CT molecular complexity index is 615. The number of hydrogen-bond acceptors (Lipinski definition) is 2. The van der Waals surface area contributed by atoms with E-state index in [1.165, 1.54) is 36.8 Å². The molecule has 2 nitrogen and oxygen atoms in total. The summed E-state index contributed by atoms with van der Waals surface area (Å²) in [6.45, 7) is 2.27.